The third-order valence-corrected chi connectivity index (χ3v) is 3.00. The van der Waals surface area contributed by atoms with Crippen molar-refractivity contribution >= 4 is 5.71 Å². The van der Waals surface area contributed by atoms with Gasteiger partial charge < -0.3 is 9.64 Å². The molecule has 0 spiro atoms. The lowest BCUT2D eigenvalue weighted by molar-refractivity contribution is -0.0333. The molecule has 3 heteroatoms. The van der Waals surface area contributed by atoms with Crippen LogP contribution in [0.15, 0.2) is 4.99 Å². The summed E-state index contributed by atoms with van der Waals surface area (Å²) in [7, 11) is 4.11. The minimum atomic E-state index is -0.0357. The second-order valence-electron chi connectivity index (χ2n) is 4.45. The fourth-order valence-electron chi connectivity index (χ4n) is 1.16. The smallest absolute Gasteiger partial charge is 0.166 e. The lowest BCUT2D eigenvalue weighted by atomic mass is 10.0. The quantitative estimate of drug-likeness (QED) is 0.650. The third-order valence-electron chi connectivity index (χ3n) is 3.00. The number of ether oxygens (including phenoxy) is 1. The Kier molecular flexibility index (Phi) is 2.78. The second kappa shape index (κ2) is 3.39. The van der Waals surface area contributed by atoms with Crippen molar-refractivity contribution < 1.29 is 4.74 Å². The molecule has 0 saturated heterocycles. The summed E-state index contributed by atoms with van der Waals surface area (Å²) in [5.41, 5.74) is 1.06. The van der Waals surface area contributed by atoms with Crippen molar-refractivity contribution in [1.82, 2.24) is 4.90 Å². The maximum Gasteiger partial charge on any atom is 0.166 e. The highest BCUT2D eigenvalue weighted by Crippen LogP contribution is 2.25. The van der Waals surface area contributed by atoms with Gasteiger partial charge >= 0.3 is 0 Å². The van der Waals surface area contributed by atoms with Crippen LogP contribution in [-0.2, 0) is 4.74 Å². The van der Waals surface area contributed by atoms with E-state index in [2.05, 4.69) is 37.8 Å². The average molecular weight is 184 g/mol. The summed E-state index contributed by atoms with van der Waals surface area (Å²) in [6.45, 7) is 8.36. The molecule has 0 aromatic carbocycles. The molecule has 2 unspecified atom stereocenters. The lowest BCUT2D eigenvalue weighted by Gasteiger charge is -2.35. The van der Waals surface area contributed by atoms with Gasteiger partial charge in [0.2, 0.25) is 0 Å². The van der Waals surface area contributed by atoms with Crippen LogP contribution in [0.1, 0.15) is 27.7 Å². The summed E-state index contributed by atoms with van der Waals surface area (Å²) in [5.74, 6) is 0. The van der Waals surface area contributed by atoms with Crippen LogP contribution in [0.25, 0.3) is 0 Å². The van der Waals surface area contributed by atoms with Gasteiger partial charge in [-0.25, -0.2) is 0 Å². The molecule has 0 amide bonds. The Balaban J connectivity index is 2.76. The zero-order chi connectivity index (χ0) is 10.2. The fraction of sp³-hybridized carbons (Fsp3) is 0.900. The second-order valence-corrected chi connectivity index (χ2v) is 4.45. The van der Waals surface area contributed by atoms with Crippen molar-refractivity contribution in [2.24, 2.45) is 4.99 Å². The number of hydrogen-bond acceptors (Lipinski definition) is 3. The number of aliphatic imine (C=N–C) groups is 1. The molecule has 76 valence electrons. The molecule has 0 N–H and O–H groups in total. The van der Waals surface area contributed by atoms with E-state index in [4.69, 9.17) is 4.74 Å². The van der Waals surface area contributed by atoms with Crippen LogP contribution < -0.4 is 0 Å². The maximum absolute atomic E-state index is 5.75. The van der Waals surface area contributed by atoms with Gasteiger partial charge in [-0.05, 0) is 41.8 Å². The van der Waals surface area contributed by atoms with Gasteiger partial charge in [0.05, 0.1) is 11.6 Å². The van der Waals surface area contributed by atoms with E-state index in [9.17, 15) is 0 Å². The van der Waals surface area contributed by atoms with Crippen LogP contribution in [0.4, 0.5) is 0 Å². The number of likely N-dealkylation sites (N-methyl/N-ethyl adjacent to an activating group) is 1. The zero-order valence-corrected chi connectivity index (χ0v) is 9.46. The largest absolute Gasteiger partial charge is 0.346 e. The summed E-state index contributed by atoms with van der Waals surface area (Å²) >= 11 is 0. The predicted octanol–water partition coefficient (Wildman–Crippen LogP) is 1.53. The molecule has 1 rings (SSSR count). The number of nitrogens with zero attached hydrogens (tertiary/aromatic N) is 2. The Morgan fingerprint density at radius 1 is 1.38 bits per heavy atom. The normalized spacial score (nSPS) is 29.6. The SMILES string of the molecule is CC1=NC(C(C)(C)N(C)C)OC1C. The van der Waals surface area contributed by atoms with Crippen molar-refractivity contribution in [2.45, 2.75) is 45.6 Å². The maximum atomic E-state index is 5.75. The van der Waals surface area contributed by atoms with Crippen LogP contribution in [0.2, 0.25) is 0 Å². The minimum Gasteiger partial charge on any atom is -0.346 e. The van der Waals surface area contributed by atoms with E-state index in [0.717, 1.165) is 5.71 Å². The van der Waals surface area contributed by atoms with Crippen molar-refractivity contribution in [2.75, 3.05) is 14.1 Å². The van der Waals surface area contributed by atoms with Crippen LogP contribution in [-0.4, -0.2) is 42.6 Å². The molecule has 3 nitrogen and oxygen atoms in total. The minimum absolute atomic E-state index is 0.0301. The number of hydrogen-bond donors (Lipinski definition) is 0. The van der Waals surface area contributed by atoms with E-state index >= 15 is 0 Å². The molecule has 1 aliphatic heterocycles. The Labute approximate surface area is 80.8 Å². The first kappa shape index (κ1) is 10.7. The number of rotatable bonds is 2. The van der Waals surface area contributed by atoms with Crippen molar-refractivity contribution in [3.63, 3.8) is 0 Å². The van der Waals surface area contributed by atoms with E-state index in [0.29, 0.717) is 0 Å². The zero-order valence-electron chi connectivity index (χ0n) is 9.46. The summed E-state index contributed by atoms with van der Waals surface area (Å²) in [5, 5.41) is 0. The first-order valence-electron chi connectivity index (χ1n) is 4.73. The molecule has 13 heavy (non-hydrogen) atoms. The molecule has 1 heterocycles. The summed E-state index contributed by atoms with van der Waals surface area (Å²) < 4.78 is 5.75. The third kappa shape index (κ3) is 1.92. The van der Waals surface area contributed by atoms with Crippen molar-refractivity contribution in [3.8, 4) is 0 Å². The van der Waals surface area contributed by atoms with Gasteiger partial charge in [0, 0.05) is 5.71 Å². The Bertz CT molecular complexity index is 221. The highest BCUT2D eigenvalue weighted by molar-refractivity contribution is 5.87. The van der Waals surface area contributed by atoms with E-state index in [1.165, 1.54) is 0 Å². The van der Waals surface area contributed by atoms with Gasteiger partial charge in [0.25, 0.3) is 0 Å². The van der Waals surface area contributed by atoms with Gasteiger partial charge in [-0.3, -0.25) is 4.99 Å². The Morgan fingerprint density at radius 3 is 2.23 bits per heavy atom. The van der Waals surface area contributed by atoms with Crippen molar-refractivity contribution in [1.29, 1.82) is 0 Å². The molecule has 2 atom stereocenters. The first-order chi connectivity index (χ1) is 5.85. The molecule has 1 aliphatic rings. The van der Waals surface area contributed by atoms with Crippen LogP contribution in [0, 0.1) is 0 Å². The lowest BCUT2D eigenvalue weighted by Crippen LogP contribution is -2.48. The Morgan fingerprint density at radius 2 is 1.92 bits per heavy atom. The molecule has 0 radical (unpaired) electrons. The highest BCUT2D eigenvalue weighted by atomic mass is 16.5. The average Bonchev–Trinajstić information content (AvgIpc) is 2.32. The van der Waals surface area contributed by atoms with E-state index in [1.54, 1.807) is 0 Å². The van der Waals surface area contributed by atoms with Gasteiger partial charge in [-0.15, -0.1) is 0 Å². The van der Waals surface area contributed by atoms with E-state index in [-0.39, 0.29) is 17.9 Å². The van der Waals surface area contributed by atoms with Gasteiger partial charge in [0.1, 0.15) is 0 Å². The Hall–Kier alpha value is -0.410. The summed E-state index contributed by atoms with van der Waals surface area (Å²) in [6, 6.07) is 0. The van der Waals surface area contributed by atoms with E-state index in [1.807, 2.05) is 13.8 Å². The molecule has 0 fully saturated rings. The molecular formula is C10H20N2O. The molecule has 0 aromatic heterocycles. The molecule has 0 aromatic rings. The van der Waals surface area contributed by atoms with Crippen molar-refractivity contribution in [3.05, 3.63) is 0 Å². The summed E-state index contributed by atoms with van der Waals surface area (Å²) in [4.78, 5) is 6.66. The van der Waals surface area contributed by atoms with Crippen LogP contribution in [0.3, 0.4) is 0 Å². The topological polar surface area (TPSA) is 24.8 Å². The fourth-order valence-corrected chi connectivity index (χ4v) is 1.16. The van der Waals surface area contributed by atoms with Crippen LogP contribution >= 0.6 is 0 Å². The highest BCUT2D eigenvalue weighted by Gasteiger charge is 2.37. The molecule has 0 saturated carbocycles. The van der Waals surface area contributed by atoms with Crippen LogP contribution in [0.5, 0.6) is 0 Å². The van der Waals surface area contributed by atoms with Gasteiger partial charge in [0.15, 0.2) is 6.23 Å². The summed E-state index contributed by atoms with van der Waals surface area (Å²) in [6.07, 6.45) is 0.140. The molecule has 0 bridgehead atoms. The predicted molar refractivity (Wildman–Crippen MR) is 55.2 cm³/mol. The molecular weight excluding hydrogens is 164 g/mol. The monoisotopic (exact) mass is 184 g/mol. The van der Waals surface area contributed by atoms with Gasteiger partial charge in [-0.1, -0.05) is 0 Å². The standard InChI is InChI=1S/C10H20N2O/c1-7-8(2)13-9(11-7)10(3,4)12(5)6/h8-9H,1-6H3. The first-order valence-corrected chi connectivity index (χ1v) is 4.73. The van der Waals surface area contributed by atoms with E-state index < -0.39 is 0 Å². The molecule has 0 aliphatic carbocycles. The van der Waals surface area contributed by atoms with Gasteiger partial charge in [-0.2, -0.15) is 0 Å².